The summed E-state index contributed by atoms with van der Waals surface area (Å²) in [6.07, 6.45) is 4.43. The lowest BCUT2D eigenvalue weighted by Gasteiger charge is -2.45. The Morgan fingerprint density at radius 2 is 1.89 bits per heavy atom. The number of hydrogen-bond donors (Lipinski definition) is 1. The molecule has 3 aliphatic heterocycles. The molecule has 1 N–H and O–H groups in total. The van der Waals surface area contributed by atoms with Gasteiger partial charge < -0.3 is 5.11 Å². The van der Waals surface area contributed by atoms with Crippen LogP contribution in [0.1, 0.15) is 36.0 Å². The summed E-state index contributed by atoms with van der Waals surface area (Å²) in [6.45, 7) is 2.33. The molecule has 3 heteroatoms. The van der Waals surface area contributed by atoms with Crippen molar-refractivity contribution >= 4 is 5.78 Å². The molecule has 3 saturated heterocycles. The van der Waals surface area contributed by atoms with E-state index in [0.29, 0.717) is 12.5 Å². The van der Waals surface area contributed by atoms with Crippen molar-refractivity contribution in [1.29, 1.82) is 0 Å². The fourth-order valence-electron chi connectivity index (χ4n) is 3.28. The van der Waals surface area contributed by atoms with Gasteiger partial charge >= 0.3 is 0 Å². The molecule has 0 saturated carbocycles. The van der Waals surface area contributed by atoms with Gasteiger partial charge in [-0.2, -0.15) is 0 Å². The summed E-state index contributed by atoms with van der Waals surface area (Å²) in [5, 5.41) is 9.23. The van der Waals surface area contributed by atoms with Crippen LogP contribution in [-0.2, 0) is 0 Å². The van der Waals surface area contributed by atoms with E-state index in [-0.39, 0.29) is 11.5 Å². The second kappa shape index (κ2) is 4.73. The van der Waals surface area contributed by atoms with Crippen LogP contribution in [0.15, 0.2) is 24.3 Å². The number of phenols is 1. The number of hydrogen-bond acceptors (Lipinski definition) is 3. The Morgan fingerprint density at radius 1 is 1.22 bits per heavy atom. The van der Waals surface area contributed by atoms with Crippen LogP contribution in [-0.4, -0.2) is 34.9 Å². The van der Waals surface area contributed by atoms with Gasteiger partial charge in [0.1, 0.15) is 5.75 Å². The van der Waals surface area contributed by atoms with Crippen molar-refractivity contribution in [3.63, 3.8) is 0 Å². The monoisotopic (exact) mass is 245 g/mol. The predicted octanol–water partition coefficient (Wildman–Crippen LogP) is 2.45. The minimum absolute atomic E-state index is 0.201. The van der Waals surface area contributed by atoms with E-state index < -0.39 is 0 Å². The second-order valence-corrected chi connectivity index (χ2v) is 5.54. The highest BCUT2D eigenvalue weighted by Crippen LogP contribution is 2.33. The minimum atomic E-state index is 0.201. The number of carbonyl (C=O) groups is 1. The Bertz CT molecular complexity index is 432. The molecule has 2 bridgehead atoms. The molecular weight excluding hydrogens is 226 g/mol. The largest absolute Gasteiger partial charge is 0.508 e. The Balaban J connectivity index is 1.66. The third-order valence-corrected chi connectivity index (χ3v) is 4.38. The van der Waals surface area contributed by atoms with Crippen LogP contribution >= 0.6 is 0 Å². The maximum atomic E-state index is 12.2. The molecule has 0 radical (unpaired) electrons. The Hall–Kier alpha value is -1.35. The van der Waals surface area contributed by atoms with Crippen LogP contribution < -0.4 is 0 Å². The van der Waals surface area contributed by atoms with Crippen LogP contribution in [0, 0.1) is 5.92 Å². The smallest absolute Gasteiger partial charge is 0.164 e. The lowest BCUT2D eigenvalue weighted by atomic mass is 9.81. The summed E-state index contributed by atoms with van der Waals surface area (Å²) in [4.78, 5) is 14.7. The van der Waals surface area contributed by atoms with Crippen molar-refractivity contribution in [2.75, 3.05) is 13.1 Å². The number of aromatic hydroxyl groups is 1. The molecule has 1 aromatic rings. The van der Waals surface area contributed by atoms with Gasteiger partial charge in [-0.05, 0) is 62.5 Å². The Labute approximate surface area is 107 Å². The van der Waals surface area contributed by atoms with Gasteiger partial charge in [0.05, 0.1) is 0 Å². The second-order valence-electron chi connectivity index (χ2n) is 5.54. The van der Waals surface area contributed by atoms with Crippen molar-refractivity contribution in [1.82, 2.24) is 4.90 Å². The lowest BCUT2D eigenvalue weighted by Crippen LogP contribution is -2.49. The van der Waals surface area contributed by atoms with Gasteiger partial charge in [0.25, 0.3) is 0 Å². The van der Waals surface area contributed by atoms with E-state index in [1.54, 1.807) is 24.3 Å². The van der Waals surface area contributed by atoms with Gasteiger partial charge in [0.15, 0.2) is 5.78 Å². The van der Waals surface area contributed by atoms with Crippen molar-refractivity contribution in [3.05, 3.63) is 29.8 Å². The summed E-state index contributed by atoms with van der Waals surface area (Å²) in [5.74, 6) is 1.26. The van der Waals surface area contributed by atoms with Crippen molar-refractivity contribution < 1.29 is 9.90 Å². The topological polar surface area (TPSA) is 40.5 Å². The molecule has 96 valence electrons. The average Bonchev–Trinajstić information content (AvgIpc) is 2.41. The number of benzene rings is 1. The molecule has 0 amide bonds. The van der Waals surface area contributed by atoms with E-state index in [2.05, 4.69) is 4.90 Å². The van der Waals surface area contributed by atoms with E-state index in [0.717, 1.165) is 24.6 Å². The first-order valence-electron chi connectivity index (χ1n) is 6.78. The van der Waals surface area contributed by atoms with Crippen LogP contribution in [0.2, 0.25) is 0 Å². The van der Waals surface area contributed by atoms with Crippen LogP contribution in [0.25, 0.3) is 0 Å². The predicted molar refractivity (Wildman–Crippen MR) is 69.8 cm³/mol. The average molecular weight is 245 g/mol. The van der Waals surface area contributed by atoms with Crippen LogP contribution in [0.5, 0.6) is 5.75 Å². The maximum Gasteiger partial charge on any atom is 0.164 e. The van der Waals surface area contributed by atoms with Gasteiger partial charge in [-0.15, -0.1) is 0 Å². The SMILES string of the molecule is O=C(CC1CC2CCN1CC2)c1ccc(O)cc1. The van der Waals surface area contributed by atoms with Gasteiger partial charge in [0.2, 0.25) is 0 Å². The molecular formula is C15H19NO2. The first kappa shape index (κ1) is 11.7. The van der Waals surface area contributed by atoms with Gasteiger partial charge in [-0.25, -0.2) is 0 Å². The summed E-state index contributed by atoms with van der Waals surface area (Å²) >= 11 is 0. The minimum Gasteiger partial charge on any atom is -0.508 e. The lowest BCUT2D eigenvalue weighted by molar-refractivity contribution is 0.0428. The van der Waals surface area contributed by atoms with Crippen LogP contribution in [0.3, 0.4) is 0 Å². The van der Waals surface area contributed by atoms with E-state index in [4.69, 9.17) is 0 Å². The molecule has 4 rings (SSSR count). The van der Waals surface area contributed by atoms with E-state index >= 15 is 0 Å². The molecule has 1 aromatic carbocycles. The zero-order chi connectivity index (χ0) is 12.5. The Kier molecular flexibility index (Phi) is 3.08. The van der Waals surface area contributed by atoms with Crippen molar-refractivity contribution in [3.8, 4) is 5.75 Å². The molecule has 1 atom stereocenters. The fraction of sp³-hybridized carbons (Fsp3) is 0.533. The number of Topliss-reactive ketones (excluding diaryl/α,β-unsaturated/α-hetero) is 1. The highest BCUT2D eigenvalue weighted by atomic mass is 16.3. The summed E-state index contributed by atoms with van der Waals surface area (Å²) < 4.78 is 0. The van der Waals surface area contributed by atoms with Crippen molar-refractivity contribution in [2.45, 2.75) is 31.7 Å². The zero-order valence-corrected chi connectivity index (χ0v) is 10.5. The molecule has 0 aliphatic carbocycles. The zero-order valence-electron chi connectivity index (χ0n) is 10.5. The molecule has 3 fully saturated rings. The normalized spacial score (nSPS) is 30.3. The quantitative estimate of drug-likeness (QED) is 0.832. The maximum absolute atomic E-state index is 12.2. The molecule has 0 aromatic heterocycles. The number of rotatable bonds is 3. The van der Waals surface area contributed by atoms with E-state index in [1.807, 2.05) is 0 Å². The summed E-state index contributed by atoms with van der Waals surface area (Å²) in [5.41, 5.74) is 0.718. The standard InChI is InChI=1S/C15H19NO2/c17-14-3-1-12(2-4-14)15(18)10-13-9-11-5-7-16(13)8-6-11/h1-4,11,13,17H,5-10H2. The number of nitrogens with zero attached hydrogens (tertiary/aromatic N) is 1. The number of piperidine rings is 3. The molecule has 1 unspecified atom stereocenters. The third-order valence-electron chi connectivity index (χ3n) is 4.38. The molecule has 18 heavy (non-hydrogen) atoms. The summed E-state index contributed by atoms with van der Waals surface area (Å²) in [7, 11) is 0. The number of phenolic OH excluding ortho intramolecular Hbond substituents is 1. The fourth-order valence-corrected chi connectivity index (χ4v) is 3.28. The van der Waals surface area contributed by atoms with Crippen molar-refractivity contribution in [2.24, 2.45) is 5.92 Å². The van der Waals surface area contributed by atoms with Crippen LogP contribution in [0.4, 0.5) is 0 Å². The third kappa shape index (κ3) is 2.27. The van der Waals surface area contributed by atoms with E-state index in [9.17, 15) is 9.90 Å². The molecule has 0 spiro atoms. The molecule has 3 nitrogen and oxygen atoms in total. The first-order valence-corrected chi connectivity index (χ1v) is 6.78. The van der Waals surface area contributed by atoms with E-state index in [1.165, 1.54) is 19.3 Å². The number of ketones is 1. The first-order chi connectivity index (χ1) is 8.72. The highest BCUT2D eigenvalue weighted by molar-refractivity contribution is 5.96. The molecule has 3 heterocycles. The highest BCUT2D eigenvalue weighted by Gasteiger charge is 2.34. The number of fused-ring (bicyclic) bond motifs is 3. The molecule has 3 aliphatic rings. The number of carbonyl (C=O) groups excluding carboxylic acids is 1. The van der Waals surface area contributed by atoms with Gasteiger partial charge in [-0.1, -0.05) is 0 Å². The van der Waals surface area contributed by atoms with Gasteiger partial charge in [0, 0.05) is 18.0 Å². The summed E-state index contributed by atoms with van der Waals surface area (Å²) in [6, 6.07) is 7.04. The van der Waals surface area contributed by atoms with Gasteiger partial charge in [-0.3, -0.25) is 9.69 Å². The Morgan fingerprint density at radius 3 is 2.44 bits per heavy atom.